The molecule has 17 heavy (non-hydrogen) atoms. The van der Waals surface area contributed by atoms with Gasteiger partial charge >= 0.3 is 5.97 Å². The molecule has 0 bridgehead atoms. The number of carbonyl (C=O) groups is 1. The van der Waals surface area contributed by atoms with E-state index in [-0.39, 0.29) is 17.6 Å². The van der Waals surface area contributed by atoms with Crippen LogP contribution in [0.4, 0.5) is 0 Å². The molecule has 1 rings (SSSR count). The third kappa shape index (κ3) is 3.68. The van der Waals surface area contributed by atoms with E-state index < -0.39 is 0 Å². The van der Waals surface area contributed by atoms with Gasteiger partial charge in [-0.3, -0.25) is 9.69 Å². The highest BCUT2D eigenvalue weighted by atomic mass is 16.5. The van der Waals surface area contributed by atoms with Crippen molar-refractivity contribution < 1.29 is 9.53 Å². The van der Waals surface area contributed by atoms with Crippen molar-refractivity contribution in [3.05, 3.63) is 0 Å². The van der Waals surface area contributed by atoms with Gasteiger partial charge in [-0.15, -0.1) is 0 Å². The third-order valence-corrected chi connectivity index (χ3v) is 3.64. The summed E-state index contributed by atoms with van der Waals surface area (Å²) in [5.41, 5.74) is 0.0915. The number of carbonyl (C=O) groups excluding carboxylic acids is 1. The van der Waals surface area contributed by atoms with Crippen LogP contribution < -0.4 is 0 Å². The van der Waals surface area contributed by atoms with Crippen molar-refractivity contribution in [1.82, 2.24) is 9.80 Å². The third-order valence-electron chi connectivity index (χ3n) is 3.64. The van der Waals surface area contributed by atoms with E-state index in [0.717, 1.165) is 13.1 Å². The molecule has 1 aliphatic rings. The summed E-state index contributed by atoms with van der Waals surface area (Å²) in [4.78, 5) is 16.2. The Kier molecular flexibility index (Phi) is 4.55. The monoisotopic (exact) mass is 242 g/mol. The Bertz CT molecular complexity index is 273. The molecular weight excluding hydrogens is 216 g/mol. The average molecular weight is 242 g/mol. The standard InChI is InChI=1S/C13H26N2O2/c1-10-8-15(13(2,3)4)11(9-14(10)5)7-12(16)17-6/h10-11H,7-9H2,1-6H3. The summed E-state index contributed by atoms with van der Waals surface area (Å²) < 4.78 is 4.79. The van der Waals surface area contributed by atoms with Gasteiger partial charge in [0.05, 0.1) is 13.5 Å². The highest BCUT2D eigenvalue weighted by Gasteiger charge is 2.36. The Labute approximate surface area is 105 Å². The number of hydrogen-bond donors (Lipinski definition) is 0. The SMILES string of the molecule is COC(=O)CC1CN(C)C(C)CN1C(C)(C)C. The van der Waals surface area contributed by atoms with Gasteiger partial charge in [-0.25, -0.2) is 0 Å². The van der Waals surface area contributed by atoms with Gasteiger partial charge in [0, 0.05) is 30.7 Å². The normalized spacial score (nSPS) is 28.1. The van der Waals surface area contributed by atoms with Crippen molar-refractivity contribution >= 4 is 5.97 Å². The number of ether oxygens (including phenoxy) is 1. The van der Waals surface area contributed by atoms with Crippen LogP contribution in [-0.2, 0) is 9.53 Å². The minimum atomic E-state index is -0.118. The Morgan fingerprint density at radius 2 is 1.94 bits per heavy atom. The summed E-state index contributed by atoms with van der Waals surface area (Å²) in [6.07, 6.45) is 0.477. The van der Waals surface area contributed by atoms with Crippen LogP contribution in [0.1, 0.15) is 34.1 Å². The van der Waals surface area contributed by atoms with Crippen molar-refractivity contribution in [3.63, 3.8) is 0 Å². The lowest BCUT2D eigenvalue weighted by molar-refractivity contribution is -0.143. The molecule has 4 heteroatoms. The zero-order valence-corrected chi connectivity index (χ0v) is 12.0. The fraction of sp³-hybridized carbons (Fsp3) is 0.923. The summed E-state index contributed by atoms with van der Waals surface area (Å²) in [5, 5.41) is 0. The van der Waals surface area contributed by atoms with Crippen molar-refractivity contribution in [2.75, 3.05) is 27.2 Å². The predicted octanol–water partition coefficient (Wildman–Crippen LogP) is 1.35. The number of piperazine rings is 1. The number of esters is 1. The van der Waals surface area contributed by atoms with Gasteiger partial charge in [0.1, 0.15) is 0 Å². The number of methoxy groups -OCH3 is 1. The first-order chi connectivity index (χ1) is 7.75. The molecule has 0 radical (unpaired) electrons. The molecule has 0 spiro atoms. The van der Waals surface area contributed by atoms with Crippen LogP contribution in [0, 0.1) is 0 Å². The van der Waals surface area contributed by atoms with E-state index in [1.54, 1.807) is 0 Å². The first kappa shape index (κ1) is 14.5. The first-order valence-electron chi connectivity index (χ1n) is 6.29. The maximum atomic E-state index is 11.5. The minimum Gasteiger partial charge on any atom is -0.469 e. The molecule has 4 nitrogen and oxygen atoms in total. The zero-order valence-electron chi connectivity index (χ0n) is 12.0. The smallest absolute Gasteiger partial charge is 0.307 e. The maximum absolute atomic E-state index is 11.5. The highest BCUT2D eigenvalue weighted by Crippen LogP contribution is 2.25. The van der Waals surface area contributed by atoms with E-state index in [9.17, 15) is 4.79 Å². The molecule has 0 aromatic heterocycles. The quantitative estimate of drug-likeness (QED) is 0.684. The molecule has 2 unspecified atom stereocenters. The Morgan fingerprint density at radius 3 is 2.41 bits per heavy atom. The van der Waals surface area contributed by atoms with E-state index in [0.29, 0.717) is 12.5 Å². The number of rotatable bonds is 2. The summed E-state index contributed by atoms with van der Waals surface area (Å²) >= 11 is 0. The number of hydrogen-bond acceptors (Lipinski definition) is 4. The molecule has 1 fully saturated rings. The second kappa shape index (κ2) is 5.36. The van der Waals surface area contributed by atoms with E-state index >= 15 is 0 Å². The molecule has 0 aromatic rings. The van der Waals surface area contributed by atoms with Gasteiger partial charge in [-0.05, 0) is 34.7 Å². The van der Waals surface area contributed by atoms with Gasteiger partial charge in [0.2, 0.25) is 0 Å². The van der Waals surface area contributed by atoms with Crippen LogP contribution in [-0.4, -0.2) is 60.6 Å². The first-order valence-corrected chi connectivity index (χ1v) is 6.29. The molecule has 1 saturated heterocycles. The van der Waals surface area contributed by atoms with Crippen molar-refractivity contribution in [1.29, 1.82) is 0 Å². The fourth-order valence-electron chi connectivity index (χ4n) is 2.46. The van der Waals surface area contributed by atoms with Crippen molar-refractivity contribution in [2.45, 2.75) is 51.7 Å². The molecule has 0 aromatic carbocycles. The van der Waals surface area contributed by atoms with E-state index in [4.69, 9.17) is 4.74 Å². The Balaban J connectivity index is 2.78. The van der Waals surface area contributed by atoms with Crippen LogP contribution in [0.3, 0.4) is 0 Å². The average Bonchev–Trinajstić information content (AvgIpc) is 2.21. The van der Waals surface area contributed by atoms with Crippen LogP contribution in [0.15, 0.2) is 0 Å². The summed E-state index contributed by atoms with van der Waals surface area (Å²) in [5.74, 6) is -0.118. The maximum Gasteiger partial charge on any atom is 0.307 e. The van der Waals surface area contributed by atoms with Gasteiger partial charge < -0.3 is 9.64 Å². The van der Waals surface area contributed by atoms with Gasteiger partial charge in [0.15, 0.2) is 0 Å². The Morgan fingerprint density at radius 1 is 1.35 bits per heavy atom. The lowest BCUT2D eigenvalue weighted by Gasteiger charge is -2.49. The topological polar surface area (TPSA) is 32.8 Å². The van der Waals surface area contributed by atoms with Gasteiger partial charge in [-0.2, -0.15) is 0 Å². The molecule has 100 valence electrons. The minimum absolute atomic E-state index is 0.0915. The Hall–Kier alpha value is -0.610. The predicted molar refractivity (Wildman–Crippen MR) is 69.0 cm³/mol. The fourth-order valence-corrected chi connectivity index (χ4v) is 2.46. The van der Waals surface area contributed by atoms with Crippen LogP contribution >= 0.6 is 0 Å². The van der Waals surface area contributed by atoms with E-state index in [1.807, 2.05) is 0 Å². The zero-order chi connectivity index (χ0) is 13.2. The van der Waals surface area contributed by atoms with E-state index in [1.165, 1.54) is 7.11 Å². The van der Waals surface area contributed by atoms with Crippen LogP contribution in [0.2, 0.25) is 0 Å². The molecular formula is C13H26N2O2. The van der Waals surface area contributed by atoms with Gasteiger partial charge in [-0.1, -0.05) is 0 Å². The van der Waals surface area contributed by atoms with Crippen molar-refractivity contribution in [3.8, 4) is 0 Å². The van der Waals surface area contributed by atoms with Crippen LogP contribution in [0.25, 0.3) is 0 Å². The molecule has 0 aliphatic carbocycles. The molecule has 1 heterocycles. The lowest BCUT2D eigenvalue weighted by atomic mass is 9.96. The molecule has 2 atom stereocenters. The molecule has 0 saturated carbocycles. The van der Waals surface area contributed by atoms with Gasteiger partial charge in [0.25, 0.3) is 0 Å². The highest BCUT2D eigenvalue weighted by molar-refractivity contribution is 5.70. The molecule has 0 N–H and O–H groups in total. The number of likely N-dealkylation sites (N-methyl/N-ethyl adjacent to an activating group) is 1. The lowest BCUT2D eigenvalue weighted by Crippen LogP contribution is -2.61. The second-order valence-corrected chi connectivity index (χ2v) is 6.05. The second-order valence-electron chi connectivity index (χ2n) is 6.05. The molecule has 1 aliphatic heterocycles. The summed E-state index contributed by atoms with van der Waals surface area (Å²) in [7, 11) is 3.58. The summed E-state index contributed by atoms with van der Waals surface area (Å²) in [6, 6.07) is 0.784. The number of nitrogens with zero attached hydrogens (tertiary/aromatic N) is 2. The van der Waals surface area contributed by atoms with E-state index in [2.05, 4.69) is 44.5 Å². The summed E-state index contributed by atoms with van der Waals surface area (Å²) in [6.45, 7) is 10.8. The van der Waals surface area contributed by atoms with Crippen molar-refractivity contribution in [2.24, 2.45) is 0 Å². The largest absolute Gasteiger partial charge is 0.469 e. The van der Waals surface area contributed by atoms with Crippen LogP contribution in [0.5, 0.6) is 0 Å². The molecule has 0 amide bonds.